The Balaban J connectivity index is 1.92. The minimum absolute atomic E-state index is 0.114. The van der Waals surface area contributed by atoms with Crippen LogP contribution < -0.4 is 15.4 Å². The van der Waals surface area contributed by atoms with Crippen LogP contribution in [-0.2, 0) is 0 Å². The highest BCUT2D eigenvalue weighted by atomic mass is 19.4. The summed E-state index contributed by atoms with van der Waals surface area (Å²) in [5.74, 6) is -0.434. The van der Waals surface area contributed by atoms with Crippen molar-refractivity contribution in [2.45, 2.75) is 37.6 Å². The molecule has 128 valence electrons. The van der Waals surface area contributed by atoms with Crippen molar-refractivity contribution in [2.24, 2.45) is 0 Å². The van der Waals surface area contributed by atoms with Gasteiger partial charge in [-0.25, -0.2) is 9.18 Å². The van der Waals surface area contributed by atoms with E-state index in [2.05, 4.69) is 10.6 Å². The highest BCUT2D eigenvalue weighted by Crippen LogP contribution is 2.45. The molecular weight excluding hydrogens is 320 g/mol. The van der Waals surface area contributed by atoms with Gasteiger partial charge >= 0.3 is 12.2 Å². The van der Waals surface area contributed by atoms with Crippen LogP contribution in [-0.4, -0.2) is 35.6 Å². The molecule has 3 N–H and O–H groups in total. The number of benzene rings is 1. The predicted octanol–water partition coefficient (Wildman–Crippen LogP) is 2.80. The number of carbonyl (C=O) groups excluding carboxylic acids is 1. The molecule has 0 aromatic heterocycles. The Morgan fingerprint density at radius 1 is 1.43 bits per heavy atom. The number of amides is 2. The highest BCUT2D eigenvalue weighted by Gasteiger charge is 2.61. The highest BCUT2D eigenvalue weighted by molar-refractivity contribution is 5.91. The van der Waals surface area contributed by atoms with E-state index in [-0.39, 0.29) is 18.0 Å². The first-order valence-corrected chi connectivity index (χ1v) is 6.93. The number of urea groups is 1. The van der Waals surface area contributed by atoms with Gasteiger partial charge in [0.15, 0.2) is 5.60 Å². The molecule has 9 heteroatoms. The third kappa shape index (κ3) is 3.84. The summed E-state index contributed by atoms with van der Waals surface area (Å²) in [7, 11) is 0. The first kappa shape index (κ1) is 17.3. The summed E-state index contributed by atoms with van der Waals surface area (Å²) in [5, 5.41) is 14.0. The second-order valence-electron chi connectivity index (χ2n) is 5.31. The molecule has 1 aromatic rings. The zero-order valence-electron chi connectivity index (χ0n) is 12.2. The average molecular weight is 336 g/mol. The Labute approximate surface area is 129 Å². The number of aliphatic hydroxyl groups is 1. The van der Waals surface area contributed by atoms with Gasteiger partial charge < -0.3 is 20.5 Å². The molecule has 23 heavy (non-hydrogen) atoms. The smallest absolute Gasteiger partial charge is 0.417 e. The molecule has 0 spiro atoms. The van der Waals surface area contributed by atoms with Gasteiger partial charge in [0.05, 0.1) is 12.3 Å². The Kier molecular flexibility index (Phi) is 4.69. The SMILES string of the molecule is CCOc1cc(F)ccc1NC(=O)NC1CC(O)(C(F)(F)F)C1. The van der Waals surface area contributed by atoms with Crippen molar-refractivity contribution < 1.29 is 32.2 Å². The molecule has 2 rings (SSSR count). The lowest BCUT2D eigenvalue weighted by Gasteiger charge is -2.44. The molecule has 0 saturated heterocycles. The zero-order valence-corrected chi connectivity index (χ0v) is 12.2. The molecule has 0 unspecified atom stereocenters. The molecular formula is C14H16F4N2O3. The summed E-state index contributed by atoms with van der Waals surface area (Å²) >= 11 is 0. The maximum Gasteiger partial charge on any atom is 0.417 e. The van der Waals surface area contributed by atoms with E-state index in [1.54, 1.807) is 6.92 Å². The van der Waals surface area contributed by atoms with Crippen LogP contribution in [0.15, 0.2) is 18.2 Å². The van der Waals surface area contributed by atoms with Crippen LogP contribution in [0.25, 0.3) is 0 Å². The van der Waals surface area contributed by atoms with Gasteiger partial charge in [-0.1, -0.05) is 0 Å². The van der Waals surface area contributed by atoms with E-state index < -0.39 is 42.5 Å². The second-order valence-corrected chi connectivity index (χ2v) is 5.31. The van der Waals surface area contributed by atoms with Crippen LogP contribution >= 0.6 is 0 Å². The Hall–Kier alpha value is -2.03. The van der Waals surface area contributed by atoms with E-state index >= 15 is 0 Å². The second kappa shape index (κ2) is 6.23. The summed E-state index contributed by atoms with van der Waals surface area (Å²) in [6.07, 6.45) is -5.93. The maximum absolute atomic E-state index is 13.1. The number of hydrogen-bond donors (Lipinski definition) is 3. The predicted molar refractivity (Wildman–Crippen MR) is 73.8 cm³/mol. The largest absolute Gasteiger partial charge is 0.492 e. The molecule has 0 bridgehead atoms. The summed E-state index contributed by atoms with van der Waals surface area (Å²) in [5.41, 5.74) is -2.56. The molecule has 0 heterocycles. The van der Waals surface area contributed by atoms with E-state index in [1.807, 2.05) is 0 Å². The lowest BCUT2D eigenvalue weighted by atomic mass is 9.75. The summed E-state index contributed by atoms with van der Waals surface area (Å²) in [6, 6.07) is 1.94. The number of alkyl halides is 3. The molecule has 0 aliphatic heterocycles. The Bertz CT molecular complexity index is 586. The number of ether oxygens (including phenoxy) is 1. The number of hydrogen-bond acceptors (Lipinski definition) is 3. The average Bonchev–Trinajstić information content (AvgIpc) is 2.39. The van der Waals surface area contributed by atoms with Gasteiger partial charge in [0.2, 0.25) is 0 Å². The van der Waals surface area contributed by atoms with Crippen molar-refractivity contribution in [2.75, 3.05) is 11.9 Å². The van der Waals surface area contributed by atoms with Crippen LogP contribution in [0.1, 0.15) is 19.8 Å². The first-order valence-electron chi connectivity index (χ1n) is 6.93. The van der Waals surface area contributed by atoms with Crippen LogP contribution in [0, 0.1) is 5.82 Å². The molecule has 1 saturated carbocycles. The number of rotatable bonds is 4. The number of carbonyl (C=O) groups is 1. The minimum Gasteiger partial charge on any atom is -0.492 e. The molecule has 1 aliphatic rings. The maximum atomic E-state index is 13.1. The monoisotopic (exact) mass is 336 g/mol. The van der Waals surface area contributed by atoms with E-state index in [1.165, 1.54) is 6.07 Å². The van der Waals surface area contributed by atoms with Gasteiger partial charge in [0, 0.05) is 24.9 Å². The molecule has 1 fully saturated rings. The number of anilines is 1. The van der Waals surface area contributed by atoms with E-state index in [0.717, 1.165) is 12.1 Å². The quantitative estimate of drug-likeness (QED) is 0.741. The molecule has 0 atom stereocenters. The molecule has 1 aromatic carbocycles. The van der Waals surface area contributed by atoms with Gasteiger partial charge in [-0.2, -0.15) is 13.2 Å². The van der Waals surface area contributed by atoms with E-state index in [9.17, 15) is 27.5 Å². The van der Waals surface area contributed by atoms with Crippen LogP contribution in [0.4, 0.5) is 28.0 Å². The molecule has 1 aliphatic carbocycles. The summed E-state index contributed by atoms with van der Waals surface area (Å²) in [6.45, 7) is 1.93. The number of nitrogens with one attached hydrogen (secondary N) is 2. The van der Waals surface area contributed by atoms with Gasteiger partial charge in [-0.15, -0.1) is 0 Å². The fourth-order valence-electron chi connectivity index (χ4n) is 2.31. The van der Waals surface area contributed by atoms with E-state index in [0.29, 0.717) is 0 Å². The topological polar surface area (TPSA) is 70.6 Å². The Morgan fingerprint density at radius 3 is 2.65 bits per heavy atom. The summed E-state index contributed by atoms with van der Waals surface area (Å²) < 4.78 is 55.8. The molecule has 0 radical (unpaired) electrons. The van der Waals surface area contributed by atoms with Crippen molar-refractivity contribution in [3.63, 3.8) is 0 Å². The fraction of sp³-hybridized carbons (Fsp3) is 0.500. The summed E-state index contributed by atoms with van der Waals surface area (Å²) in [4.78, 5) is 11.8. The normalized spacial score (nSPS) is 23.8. The van der Waals surface area contributed by atoms with Crippen molar-refractivity contribution in [3.05, 3.63) is 24.0 Å². The lowest BCUT2D eigenvalue weighted by Crippen LogP contribution is -2.62. The first-order chi connectivity index (χ1) is 10.6. The van der Waals surface area contributed by atoms with Crippen molar-refractivity contribution in [3.8, 4) is 5.75 Å². The van der Waals surface area contributed by atoms with E-state index in [4.69, 9.17) is 4.74 Å². The molecule has 2 amide bonds. The van der Waals surface area contributed by atoms with Gasteiger partial charge in [-0.05, 0) is 19.1 Å². The number of halogens is 4. The van der Waals surface area contributed by atoms with Crippen molar-refractivity contribution >= 4 is 11.7 Å². The lowest BCUT2D eigenvalue weighted by molar-refractivity contribution is -0.291. The Morgan fingerprint density at radius 2 is 2.09 bits per heavy atom. The van der Waals surface area contributed by atoms with Gasteiger partial charge in [0.1, 0.15) is 11.6 Å². The zero-order chi connectivity index (χ0) is 17.3. The van der Waals surface area contributed by atoms with Crippen molar-refractivity contribution in [1.82, 2.24) is 5.32 Å². The van der Waals surface area contributed by atoms with Crippen LogP contribution in [0.5, 0.6) is 5.75 Å². The third-order valence-corrected chi connectivity index (χ3v) is 3.52. The minimum atomic E-state index is -4.72. The fourth-order valence-corrected chi connectivity index (χ4v) is 2.31. The van der Waals surface area contributed by atoms with Crippen molar-refractivity contribution in [1.29, 1.82) is 0 Å². The van der Waals surface area contributed by atoms with Gasteiger partial charge in [-0.3, -0.25) is 0 Å². The third-order valence-electron chi connectivity index (χ3n) is 3.52. The molecule has 5 nitrogen and oxygen atoms in total. The van der Waals surface area contributed by atoms with Gasteiger partial charge in [0.25, 0.3) is 0 Å². The van der Waals surface area contributed by atoms with Crippen LogP contribution in [0.2, 0.25) is 0 Å². The van der Waals surface area contributed by atoms with Crippen LogP contribution in [0.3, 0.4) is 0 Å². The standard InChI is InChI=1S/C14H16F4N2O3/c1-2-23-11-5-8(15)3-4-10(11)20-12(21)19-9-6-13(22,7-9)14(16,17)18/h3-5,9,22H,2,6-7H2,1H3,(H2,19,20,21).